The molecule has 0 saturated heterocycles. The molecule has 7 nitrogen and oxygen atoms in total. The fraction of sp³-hybridized carbons (Fsp3) is 1.00. The van der Waals surface area contributed by atoms with E-state index < -0.39 is 21.6 Å². The lowest BCUT2D eigenvalue weighted by atomic mass is 10.8. The first kappa shape index (κ1) is 13.7. The standard InChI is InChI=1S/C2H8NO3P.HO3P/c1-2(3)7(4,5)6;1-4(2)3/h2H,3H2,1H3,(H2,4,5,6);(H-,1,2,3)/p+1. The van der Waals surface area contributed by atoms with Crippen LogP contribution in [0.4, 0.5) is 0 Å². The zero-order chi connectivity index (χ0) is 9.65. The Morgan fingerprint density at radius 2 is 1.55 bits per heavy atom. The predicted molar refractivity (Wildman–Crippen MR) is 37.7 cm³/mol. The summed E-state index contributed by atoms with van der Waals surface area (Å²) in [4.78, 5) is 30.4. The Kier molecular flexibility index (Phi) is 7.15. The van der Waals surface area contributed by atoms with E-state index in [9.17, 15) is 4.57 Å². The second-order valence-corrected chi connectivity index (χ2v) is 4.08. The van der Waals surface area contributed by atoms with Crippen molar-refractivity contribution in [2.75, 3.05) is 0 Å². The van der Waals surface area contributed by atoms with Crippen molar-refractivity contribution in [1.29, 1.82) is 0 Å². The van der Waals surface area contributed by atoms with Gasteiger partial charge in [-0.15, -0.1) is 9.79 Å². The predicted octanol–water partition coefficient (Wildman–Crippen LogP) is -0.903. The van der Waals surface area contributed by atoms with Crippen LogP contribution < -0.4 is 5.73 Å². The summed E-state index contributed by atoms with van der Waals surface area (Å²) in [6.07, 6.45) is 0. The Balaban J connectivity index is 0. The van der Waals surface area contributed by atoms with E-state index in [1.165, 1.54) is 6.92 Å². The molecule has 0 radical (unpaired) electrons. The summed E-state index contributed by atoms with van der Waals surface area (Å²) in [5.41, 5.74) is 4.81. The van der Waals surface area contributed by atoms with Gasteiger partial charge >= 0.3 is 15.9 Å². The highest BCUT2D eigenvalue weighted by atomic mass is 31.2. The van der Waals surface area contributed by atoms with Crippen LogP contribution in [-0.4, -0.2) is 25.4 Å². The van der Waals surface area contributed by atoms with Crippen molar-refractivity contribution in [2.24, 2.45) is 5.73 Å². The number of rotatable bonds is 1. The molecule has 0 aliphatic carbocycles. The minimum Gasteiger partial charge on any atom is -0.323 e. The zero-order valence-electron chi connectivity index (χ0n) is 5.65. The monoisotopic (exact) mass is 206 g/mol. The Morgan fingerprint density at radius 1 is 1.45 bits per heavy atom. The quantitative estimate of drug-likeness (QED) is 0.350. The normalized spacial score (nSPS) is 12.9. The fourth-order valence-electron chi connectivity index (χ4n) is 0. The molecule has 9 heteroatoms. The van der Waals surface area contributed by atoms with Crippen molar-refractivity contribution < 1.29 is 28.7 Å². The Bertz CT molecular complexity index is 158. The van der Waals surface area contributed by atoms with Crippen LogP contribution in [-0.2, 0) is 9.13 Å². The molecule has 0 aliphatic rings. The molecule has 0 heterocycles. The van der Waals surface area contributed by atoms with Crippen molar-refractivity contribution >= 4 is 15.9 Å². The van der Waals surface area contributed by atoms with Crippen LogP contribution in [0, 0.1) is 0 Å². The van der Waals surface area contributed by atoms with E-state index in [0.717, 1.165) is 0 Å². The molecular weight excluding hydrogens is 196 g/mol. The van der Waals surface area contributed by atoms with Gasteiger partial charge in [-0.3, -0.25) is 4.57 Å². The summed E-state index contributed by atoms with van der Waals surface area (Å²) in [7, 11) is -6.83. The highest BCUT2D eigenvalue weighted by molar-refractivity contribution is 7.52. The van der Waals surface area contributed by atoms with E-state index in [2.05, 4.69) is 0 Å². The summed E-state index contributed by atoms with van der Waals surface area (Å²) < 4.78 is 18.6. The average molecular weight is 206 g/mol. The molecule has 0 bridgehead atoms. The van der Waals surface area contributed by atoms with Gasteiger partial charge in [-0.1, -0.05) is 0 Å². The summed E-state index contributed by atoms with van der Waals surface area (Å²) in [5.74, 6) is -1.03. The molecule has 6 N–H and O–H groups in total. The van der Waals surface area contributed by atoms with Gasteiger partial charge in [-0.25, -0.2) is 0 Å². The zero-order valence-corrected chi connectivity index (χ0v) is 7.44. The topological polar surface area (TPSA) is 141 Å². The molecule has 1 unspecified atom stereocenters. The van der Waals surface area contributed by atoms with Gasteiger partial charge in [-0.05, 0) is 6.92 Å². The molecule has 0 rings (SSSR count). The summed E-state index contributed by atoms with van der Waals surface area (Å²) in [6, 6.07) is 0. The number of hydrogen-bond donors (Lipinski definition) is 5. The van der Waals surface area contributed by atoms with Crippen LogP contribution in [0.5, 0.6) is 0 Å². The lowest BCUT2D eigenvalue weighted by molar-refractivity contribution is 0.361. The molecule has 0 fully saturated rings. The molecule has 0 aromatic rings. The minimum atomic E-state index is -3.96. The summed E-state index contributed by atoms with van der Waals surface area (Å²) in [5, 5.41) is 0. The smallest absolute Gasteiger partial charge is 0.323 e. The van der Waals surface area contributed by atoms with Gasteiger partial charge in [0.1, 0.15) is 5.78 Å². The third-order valence-corrected chi connectivity index (χ3v) is 1.59. The second kappa shape index (κ2) is 5.74. The Morgan fingerprint density at radius 3 is 1.55 bits per heavy atom. The molecular formula is C2H10NO6P2+. The van der Waals surface area contributed by atoms with E-state index in [1.54, 1.807) is 0 Å². The van der Waals surface area contributed by atoms with Crippen molar-refractivity contribution in [3.8, 4) is 0 Å². The Hall–Kier alpha value is 0.130. The van der Waals surface area contributed by atoms with Gasteiger partial charge < -0.3 is 15.5 Å². The van der Waals surface area contributed by atoms with E-state index in [-0.39, 0.29) is 0 Å². The second-order valence-electron chi connectivity index (χ2n) is 1.58. The highest BCUT2D eigenvalue weighted by Crippen LogP contribution is 2.37. The van der Waals surface area contributed by atoms with Crippen LogP contribution in [0.15, 0.2) is 0 Å². The molecule has 0 amide bonds. The first-order chi connectivity index (χ1) is 4.68. The van der Waals surface area contributed by atoms with Crippen LogP contribution in [0.25, 0.3) is 0 Å². The van der Waals surface area contributed by atoms with Crippen molar-refractivity contribution in [3.05, 3.63) is 0 Å². The van der Waals surface area contributed by atoms with Gasteiger partial charge in [0.15, 0.2) is 0 Å². The van der Waals surface area contributed by atoms with Crippen LogP contribution in [0.2, 0.25) is 0 Å². The van der Waals surface area contributed by atoms with E-state index >= 15 is 0 Å². The fourth-order valence-corrected chi connectivity index (χ4v) is 0. The molecule has 0 saturated carbocycles. The molecule has 0 spiro atoms. The average Bonchev–Trinajstić information content (AvgIpc) is 1.59. The Labute approximate surface area is 64.0 Å². The lowest BCUT2D eigenvalue weighted by Crippen LogP contribution is -2.14. The van der Waals surface area contributed by atoms with Crippen LogP contribution >= 0.6 is 15.9 Å². The van der Waals surface area contributed by atoms with Crippen molar-refractivity contribution in [3.63, 3.8) is 0 Å². The van der Waals surface area contributed by atoms with Crippen LogP contribution in [0.3, 0.4) is 0 Å². The third-order valence-electron chi connectivity index (χ3n) is 0.531. The molecule has 11 heavy (non-hydrogen) atoms. The maximum Gasteiger partial charge on any atom is 0.692 e. The molecule has 0 aromatic heterocycles. The SMILES string of the molecule is CC(N)P(=O)(O)O.O=[P+](O)O. The first-order valence-corrected chi connectivity index (χ1v) is 5.18. The highest BCUT2D eigenvalue weighted by Gasteiger charge is 2.17. The van der Waals surface area contributed by atoms with Gasteiger partial charge in [0.2, 0.25) is 0 Å². The molecule has 68 valence electrons. The first-order valence-electron chi connectivity index (χ1n) is 2.33. The van der Waals surface area contributed by atoms with E-state index in [1.807, 2.05) is 0 Å². The van der Waals surface area contributed by atoms with Crippen LogP contribution in [0.1, 0.15) is 6.92 Å². The maximum atomic E-state index is 9.90. The minimum absolute atomic E-state index is 1.03. The van der Waals surface area contributed by atoms with Gasteiger partial charge in [0.25, 0.3) is 0 Å². The summed E-state index contributed by atoms with van der Waals surface area (Å²) in [6.45, 7) is 1.26. The molecule has 0 aliphatic heterocycles. The van der Waals surface area contributed by atoms with Crippen molar-refractivity contribution in [1.82, 2.24) is 0 Å². The van der Waals surface area contributed by atoms with Gasteiger partial charge in [-0.2, -0.15) is 0 Å². The molecule has 0 aromatic carbocycles. The van der Waals surface area contributed by atoms with E-state index in [4.69, 9.17) is 29.9 Å². The third kappa shape index (κ3) is 17.8. The lowest BCUT2D eigenvalue weighted by Gasteiger charge is -2.04. The van der Waals surface area contributed by atoms with Gasteiger partial charge in [0.05, 0.1) is 0 Å². The summed E-state index contributed by atoms with van der Waals surface area (Å²) >= 11 is 0. The maximum absolute atomic E-state index is 9.90. The number of hydrogen-bond acceptors (Lipinski definition) is 3. The van der Waals surface area contributed by atoms with Gasteiger partial charge in [0, 0.05) is 4.57 Å². The number of nitrogens with two attached hydrogens (primary N) is 1. The molecule has 1 atom stereocenters. The van der Waals surface area contributed by atoms with E-state index in [0.29, 0.717) is 0 Å². The largest absolute Gasteiger partial charge is 0.692 e. The van der Waals surface area contributed by atoms with Crippen molar-refractivity contribution in [2.45, 2.75) is 12.7 Å².